The molecule has 2 aromatic heterocycles. The summed E-state index contributed by atoms with van der Waals surface area (Å²) in [6, 6.07) is 16.7. The third kappa shape index (κ3) is 6.92. The first-order chi connectivity index (χ1) is 19.9. The third-order valence-electron chi connectivity index (χ3n) is 7.74. The second-order valence-electron chi connectivity index (χ2n) is 10.7. The number of aromatic nitrogens is 3. The first kappa shape index (κ1) is 27.9. The Hall–Kier alpha value is -4.66. The minimum atomic E-state index is -1.06. The number of hydrogen-bond acceptors (Lipinski definition) is 6. The molecule has 2 aromatic carbocycles. The Morgan fingerprint density at radius 3 is 2.34 bits per heavy atom. The quantitative estimate of drug-likeness (QED) is 0.263. The van der Waals surface area contributed by atoms with Crippen LogP contribution in [-0.2, 0) is 11.2 Å². The summed E-state index contributed by atoms with van der Waals surface area (Å²) in [4.78, 5) is 36.1. The van der Waals surface area contributed by atoms with E-state index < -0.39 is 12.0 Å². The molecule has 212 valence electrons. The van der Waals surface area contributed by atoms with Gasteiger partial charge in [0.05, 0.1) is 6.33 Å². The minimum Gasteiger partial charge on any atom is -0.480 e. The van der Waals surface area contributed by atoms with Crippen LogP contribution in [0.2, 0.25) is 0 Å². The van der Waals surface area contributed by atoms with Gasteiger partial charge in [-0.05, 0) is 85.7 Å². The summed E-state index contributed by atoms with van der Waals surface area (Å²) in [5.41, 5.74) is 4.93. The zero-order valence-electron chi connectivity index (χ0n) is 23.5. The predicted octanol–water partition coefficient (Wildman–Crippen LogP) is 4.64. The number of benzene rings is 2. The number of hydrogen-bond donors (Lipinski definition) is 3. The number of piperidine rings is 1. The summed E-state index contributed by atoms with van der Waals surface area (Å²) in [5.74, 6) is 0.0627. The molecule has 0 radical (unpaired) electrons. The topological polar surface area (TPSA) is 112 Å². The van der Waals surface area contributed by atoms with Gasteiger partial charge < -0.3 is 25.2 Å². The summed E-state index contributed by atoms with van der Waals surface area (Å²) in [6.45, 7) is 6.58. The van der Waals surface area contributed by atoms with Gasteiger partial charge in [0.1, 0.15) is 11.9 Å². The van der Waals surface area contributed by atoms with Crippen LogP contribution in [0.4, 0.5) is 11.5 Å². The highest BCUT2D eigenvalue weighted by Crippen LogP contribution is 2.25. The molecule has 0 aliphatic carbocycles. The van der Waals surface area contributed by atoms with Gasteiger partial charge in [-0.3, -0.25) is 4.79 Å². The number of amides is 1. The molecule has 9 nitrogen and oxygen atoms in total. The van der Waals surface area contributed by atoms with Crippen molar-refractivity contribution < 1.29 is 14.7 Å². The number of nitrogens with zero attached hydrogens (tertiary/aromatic N) is 4. The van der Waals surface area contributed by atoms with E-state index >= 15 is 0 Å². The lowest BCUT2D eigenvalue weighted by atomic mass is 9.96. The van der Waals surface area contributed by atoms with Crippen LogP contribution < -0.4 is 15.5 Å². The highest BCUT2D eigenvalue weighted by molar-refractivity contribution is 5.99. The lowest BCUT2D eigenvalue weighted by Gasteiger charge is -2.34. The molecule has 1 fully saturated rings. The van der Waals surface area contributed by atoms with Gasteiger partial charge in [-0.25, -0.2) is 14.8 Å². The first-order valence-corrected chi connectivity index (χ1v) is 14.0. The number of pyridine rings is 1. The molecule has 0 saturated carbocycles. The monoisotopic (exact) mass is 552 g/mol. The molecule has 3 heterocycles. The maximum atomic E-state index is 13.2. The lowest BCUT2D eigenvalue weighted by molar-refractivity contribution is -0.139. The molecule has 9 heteroatoms. The summed E-state index contributed by atoms with van der Waals surface area (Å²) in [6.07, 6.45) is 9.42. The zero-order valence-corrected chi connectivity index (χ0v) is 23.5. The maximum Gasteiger partial charge on any atom is 0.326 e. The van der Waals surface area contributed by atoms with Gasteiger partial charge in [-0.2, -0.15) is 0 Å². The summed E-state index contributed by atoms with van der Waals surface area (Å²) in [7, 11) is 0. The Balaban J connectivity index is 1.16. The van der Waals surface area contributed by atoms with Gasteiger partial charge >= 0.3 is 5.97 Å². The number of aryl methyl sites for hydroxylation is 2. The molecule has 1 aliphatic heterocycles. The molecule has 5 rings (SSSR count). The molecule has 0 bridgehead atoms. The number of carbonyl (C=O) groups excluding carboxylic acids is 1. The third-order valence-corrected chi connectivity index (χ3v) is 7.74. The predicted molar refractivity (Wildman–Crippen MR) is 160 cm³/mol. The van der Waals surface area contributed by atoms with Crippen molar-refractivity contribution in [3.63, 3.8) is 0 Å². The maximum absolute atomic E-state index is 13.2. The van der Waals surface area contributed by atoms with Crippen LogP contribution in [0.15, 0.2) is 79.5 Å². The van der Waals surface area contributed by atoms with Gasteiger partial charge in [0.25, 0.3) is 5.91 Å². The molecular weight excluding hydrogens is 516 g/mol. The molecule has 1 amide bonds. The van der Waals surface area contributed by atoms with Crippen molar-refractivity contribution >= 4 is 23.4 Å². The Kier molecular flexibility index (Phi) is 8.62. The smallest absolute Gasteiger partial charge is 0.326 e. The van der Waals surface area contributed by atoms with E-state index in [1.54, 1.807) is 18.7 Å². The minimum absolute atomic E-state index is 0.202. The molecule has 41 heavy (non-hydrogen) atoms. The van der Waals surface area contributed by atoms with Gasteiger partial charge in [0, 0.05) is 61.6 Å². The molecular formula is C32H36N6O3. The molecule has 1 unspecified atom stereocenters. The molecule has 1 aliphatic rings. The average molecular weight is 553 g/mol. The van der Waals surface area contributed by atoms with E-state index in [0.717, 1.165) is 66.4 Å². The fourth-order valence-electron chi connectivity index (χ4n) is 5.48. The van der Waals surface area contributed by atoms with Crippen molar-refractivity contribution in [2.24, 2.45) is 5.92 Å². The van der Waals surface area contributed by atoms with E-state index in [2.05, 4.69) is 25.5 Å². The van der Waals surface area contributed by atoms with Crippen LogP contribution in [0.1, 0.15) is 39.9 Å². The summed E-state index contributed by atoms with van der Waals surface area (Å²) >= 11 is 0. The van der Waals surface area contributed by atoms with Crippen LogP contribution in [0, 0.1) is 19.8 Å². The molecule has 1 saturated heterocycles. The van der Waals surface area contributed by atoms with Crippen molar-refractivity contribution in [2.45, 2.75) is 39.2 Å². The van der Waals surface area contributed by atoms with Gasteiger partial charge in [-0.1, -0.05) is 18.2 Å². The Morgan fingerprint density at radius 2 is 1.73 bits per heavy atom. The molecule has 3 N–H and O–H groups in total. The van der Waals surface area contributed by atoms with Crippen molar-refractivity contribution in [1.29, 1.82) is 0 Å². The molecule has 4 aromatic rings. The Bertz CT molecular complexity index is 1440. The Labute approximate surface area is 240 Å². The standard InChI is InChI=1S/C32H36N6O3/c1-22-17-27(38-16-13-33-21-38)18-23(2)30(22)31(39)36-28(32(40)41)19-24-6-8-26(9-7-24)37-14-10-25(11-15-37)20-35-29-5-3-4-12-34-29/h3-9,12-13,16-18,21,25,28H,10-11,14-15,19-20H2,1-2H3,(H,34,35)(H,36,39)(H,40,41). The van der Waals surface area contributed by atoms with Crippen molar-refractivity contribution in [3.8, 4) is 5.69 Å². The second kappa shape index (κ2) is 12.7. The SMILES string of the molecule is Cc1cc(-n2ccnc2)cc(C)c1C(=O)NC(Cc1ccc(N2CCC(CNc3ccccn3)CC2)cc1)C(=O)O. The average Bonchev–Trinajstić information content (AvgIpc) is 3.52. The van der Waals surface area contributed by atoms with E-state index in [0.29, 0.717) is 11.5 Å². The fraction of sp³-hybridized carbons (Fsp3) is 0.312. The second-order valence-corrected chi connectivity index (χ2v) is 10.7. The number of anilines is 2. The van der Waals surface area contributed by atoms with E-state index in [9.17, 15) is 14.7 Å². The zero-order chi connectivity index (χ0) is 28.8. The summed E-state index contributed by atoms with van der Waals surface area (Å²) < 4.78 is 1.87. The van der Waals surface area contributed by atoms with Gasteiger partial charge in [-0.15, -0.1) is 0 Å². The van der Waals surface area contributed by atoms with Crippen LogP contribution in [0.25, 0.3) is 5.69 Å². The summed E-state index contributed by atoms with van der Waals surface area (Å²) in [5, 5.41) is 16.1. The van der Waals surface area contributed by atoms with E-state index in [4.69, 9.17) is 0 Å². The van der Waals surface area contributed by atoms with E-state index in [1.807, 2.05) is 79.2 Å². The number of rotatable bonds is 10. The van der Waals surface area contributed by atoms with Gasteiger partial charge in [0.15, 0.2) is 0 Å². The largest absolute Gasteiger partial charge is 0.480 e. The first-order valence-electron chi connectivity index (χ1n) is 14.0. The van der Waals surface area contributed by atoms with Crippen LogP contribution in [0.5, 0.6) is 0 Å². The van der Waals surface area contributed by atoms with Crippen molar-refractivity contribution in [1.82, 2.24) is 19.9 Å². The number of carboxylic acid groups (broad SMARTS) is 1. The highest BCUT2D eigenvalue weighted by atomic mass is 16.4. The molecule has 1 atom stereocenters. The van der Waals surface area contributed by atoms with E-state index in [-0.39, 0.29) is 12.3 Å². The highest BCUT2D eigenvalue weighted by Gasteiger charge is 2.24. The number of carboxylic acids is 1. The lowest BCUT2D eigenvalue weighted by Crippen LogP contribution is -2.42. The fourth-order valence-corrected chi connectivity index (χ4v) is 5.48. The van der Waals surface area contributed by atoms with Crippen LogP contribution in [-0.4, -0.2) is 57.2 Å². The Morgan fingerprint density at radius 1 is 1.00 bits per heavy atom. The van der Waals surface area contributed by atoms with Gasteiger partial charge in [0.2, 0.25) is 0 Å². The molecule has 0 spiro atoms. The van der Waals surface area contributed by atoms with E-state index in [1.165, 1.54) is 0 Å². The number of nitrogens with one attached hydrogen (secondary N) is 2. The number of carbonyl (C=O) groups is 2. The van der Waals surface area contributed by atoms with Crippen LogP contribution >= 0.6 is 0 Å². The van der Waals surface area contributed by atoms with Crippen molar-refractivity contribution in [2.75, 3.05) is 29.9 Å². The normalized spacial score (nSPS) is 14.4. The van der Waals surface area contributed by atoms with Crippen LogP contribution in [0.3, 0.4) is 0 Å². The number of aliphatic carboxylic acids is 1. The number of imidazole rings is 1. The van der Waals surface area contributed by atoms with Crippen molar-refractivity contribution in [3.05, 3.63) is 102 Å².